The molecule has 5 heteroatoms. The number of nitrogens with zero attached hydrogens (tertiary/aromatic N) is 1. The summed E-state index contributed by atoms with van der Waals surface area (Å²) < 4.78 is 10.6. The van der Waals surface area contributed by atoms with Crippen molar-refractivity contribution in [1.82, 2.24) is 4.98 Å². The molecule has 0 bridgehead atoms. The molecule has 3 rings (SSSR count). The molecule has 0 aliphatic carbocycles. The van der Waals surface area contributed by atoms with Crippen LogP contribution in [0, 0.1) is 0 Å². The zero-order valence-corrected chi connectivity index (χ0v) is 14.3. The van der Waals surface area contributed by atoms with Crippen LogP contribution < -0.4 is 10.1 Å². The molecule has 1 aromatic heterocycles. The van der Waals surface area contributed by atoms with E-state index in [0.717, 1.165) is 28.0 Å². The van der Waals surface area contributed by atoms with Gasteiger partial charge in [-0.2, -0.15) is 0 Å². The number of nitrogens with one attached hydrogen (secondary N) is 1. The van der Waals surface area contributed by atoms with Crippen molar-refractivity contribution in [3.8, 4) is 5.75 Å². The van der Waals surface area contributed by atoms with Gasteiger partial charge in [-0.15, -0.1) is 0 Å². The predicted molar refractivity (Wildman–Crippen MR) is 98.6 cm³/mol. The highest BCUT2D eigenvalue weighted by Crippen LogP contribution is 2.28. The van der Waals surface area contributed by atoms with Gasteiger partial charge in [0.25, 0.3) is 0 Å². The normalized spacial score (nSPS) is 10.5. The summed E-state index contributed by atoms with van der Waals surface area (Å²) in [5.74, 6) is 0.469. The third kappa shape index (κ3) is 3.88. The second-order valence-electron chi connectivity index (χ2n) is 5.40. The van der Waals surface area contributed by atoms with Crippen molar-refractivity contribution in [1.29, 1.82) is 0 Å². The third-order valence-electron chi connectivity index (χ3n) is 3.68. The van der Waals surface area contributed by atoms with Crippen molar-refractivity contribution in [2.24, 2.45) is 0 Å². The molecule has 5 nitrogen and oxygen atoms in total. The molecule has 1 heterocycles. The Morgan fingerprint density at radius 3 is 2.76 bits per heavy atom. The molecule has 25 heavy (non-hydrogen) atoms. The molecule has 128 valence electrons. The lowest BCUT2D eigenvalue weighted by Crippen LogP contribution is -2.05. The Morgan fingerprint density at radius 1 is 1.08 bits per heavy atom. The lowest BCUT2D eigenvalue weighted by atomic mass is 10.1. The number of pyridine rings is 1. The van der Waals surface area contributed by atoms with Crippen molar-refractivity contribution in [2.75, 3.05) is 18.5 Å². The maximum Gasteiger partial charge on any atom is 0.338 e. The standard InChI is InChI=1S/C20H20N2O3/c1-3-24-16-8-9-17-18(10-11-21-19(17)13-16)22-15-7-5-6-14(12-15)20(23)25-4-2/h5-13H,3-4H2,1-2H3,(H,21,22). The lowest BCUT2D eigenvalue weighted by Gasteiger charge is -2.11. The quantitative estimate of drug-likeness (QED) is 0.669. The number of hydrogen-bond acceptors (Lipinski definition) is 5. The summed E-state index contributed by atoms with van der Waals surface area (Å²) in [5.41, 5.74) is 3.09. The van der Waals surface area contributed by atoms with E-state index in [1.807, 2.05) is 43.3 Å². The minimum Gasteiger partial charge on any atom is -0.494 e. The minimum absolute atomic E-state index is 0.327. The molecule has 3 aromatic rings. The molecule has 0 spiro atoms. The van der Waals surface area contributed by atoms with Crippen LogP contribution in [0.4, 0.5) is 11.4 Å². The zero-order valence-electron chi connectivity index (χ0n) is 14.3. The number of carbonyl (C=O) groups is 1. The maximum atomic E-state index is 11.9. The van der Waals surface area contributed by atoms with Crippen LogP contribution in [0.5, 0.6) is 5.75 Å². The zero-order chi connectivity index (χ0) is 17.6. The highest BCUT2D eigenvalue weighted by Gasteiger charge is 2.08. The summed E-state index contributed by atoms with van der Waals surface area (Å²) in [7, 11) is 0. The number of hydrogen-bond donors (Lipinski definition) is 1. The van der Waals surface area contributed by atoms with Gasteiger partial charge in [-0.3, -0.25) is 4.98 Å². The molecule has 0 fully saturated rings. The highest BCUT2D eigenvalue weighted by molar-refractivity contribution is 5.95. The fourth-order valence-corrected chi connectivity index (χ4v) is 2.59. The van der Waals surface area contributed by atoms with Gasteiger partial charge in [0.15, 0.2) is 0 Å². The van der Waals surface area contributed by atoms with Crippen LogP contribution in [0.1, 0.15) is 24.2 Å². The van der Waals surface area contributed by atoms with Crippen LogP contribution in [0.15, 0.2) is 54.7 Å². The molecule has 0 aliphatic heterocycles. The molecule has 2 aromatic carbocycles. The molecule has 0 radical (unpaired) electrons. The van der Waals surface area contributed by atoms with E-state index >= 15 is 0 Å². The summed E-state index contributed by atoms with van der Waals surface area (Å²) in [6, 6.07) is 15.0. The van der Waals surface area contributed by atoms with Gasteiger partial charge in [0, 0.05) is 29.0 Å². The average Bonchev–Trinajstić information content (AvgIpc) is 2.62. The molecule has 0 atom stereocenters. The van der Waals surface area contributed by atoms with Crippen LogP contribution in [-0.4, -0.2) is 24.2 Å². The topological polar surface area (TPSA) is 60.5 Å². The second kappa shape index (κ2) is 7.66. The van der Waals surface area contributed by atoms with E-state index in [4.69, 9.17) is 9.47 Å². The molecule has 1 N–H and O–H groups in total. The van der Waals surface area contributed by atoms with Gasteiger partial charge in [-0.05, 0) is 50.2 Å². The molecule has 0 unspecified atom stereocenters. The van der Waals surface area contributed by atoms with Crippen molar-refractivity contribution in [3.05, 3.63) is 60.3 Å². The Kier molecular flexibility index (Phi) is 5.14. The highest BCUT2D eigenvalue weighted by atomic mass is 16.5. The molecule has 0 saturated carbocycles. The first-order chi connectivity index (χ1) is 12.2. The second-order valence-corrected chi connectivity index (χ2v) is 5.40. The maximum absolute atomic E-state index is 11.9. The van der Waals surface area contributed by atoms with Crippen molar-refractivity contribution in [3.63, 3.8) is 0 Å². The van der Waals surface area contributed by atoms with E-state index in [-0.39, 0.29) is 5.97 Å². The smallest absolute Gasteiger partial charge is 0.338 e. The van der Waals surface area contributed by atoms with Gasteiger partial charge in [-0.1, -0.05) is 6.07 Å². The van der Waals surface area contributed by atoms with Gasteiger partial charge in [0.05, 0.1) is 24.3 Å². The first-order valence-electron chi connectivity index (χ1n) is 8.27. The van der Waals surface area contributed by atoms with E-state index in [1.165, 1.54) is 0 Å². The number of aromatic nitrogens is 1. The molecule has 0 amide bonds. The summed E-state index contributed by atoms with van der Waals surface area (Å²) in [5, 5.41) is 4.33. The Morgan fingerprint density at radius 2 is 1.96 bits per heavy atom. The number of esters is 1. The molecular weight excluding hydrogens is 316 g/mol. The summed E-state index contributed by atoms with van der Waals surface area (Å²) in [6.07, 6.45) is 1.75. The van der Waals surface area contributed by atoms with Gasteiger partial charge in [0.2, 0.25) is 0 Å². The summed E-state index contributed by atoms with van der Waals surface area (Å²) >= 11 is 0. The fourth-order valence-electron chi connectivity index (χ4n) is 2.59. The third-order valence-corrected chi connectivity index (χ3v) is 3.68. The minimum atomic E-state index is -0.327. The van der Waals surface area contributed by atoms with Gasteiger partial charge in [0.1, 0.15) is 5.75 Å². The number of carbonyl (C=O) groups excluding carboxylic acids is 1. The number of fused-ring (bicyclic) bond motifs is 1. The van der Waals surface area contributed by atoms with Crippen LogP contribution >= 0.6 is 0 Å². The number of ether oxygens (including phenoxy) is 2. The fraction of sp³-hybridized carbons (Fsp3) is 0.200. The lowest BCUT2D eigenvalue weighted by molar-refractivity contribution is 0.0526. The van der Waals surface area contributed by atoms with E-state index in [9.17, 15) is 4.79 Å². The number of benzene rings is 2. The Balaban J connectivity index is 1.90. The van der Waals surface area contributed by atoms with Crippen molar-refractivity contribution >= 4 is 28.2 Å². The van der Waals surface area contributed by atoms with E-state index < -0.39 is 0 Å². The Hall–Kier alpha value is -3.08. The van der Waals surface area contributed by atoms with Crippen LogP contribution in [0.3, 0.4) is 0 Å². The van der Waals surface area contributed by atoms with Gasteiger partial charge in [-0.25, -0.2) is 4.79 Å². The van der Waals surface area contributed by atoms with Crippen LogP contribution in [0.25, 0.3) is 10.9 Å². The van der Waals surface area contributed by atoms with Crippen LogP contribution in [-0.2, 0) is 4.74 Å². The largest absolute Gasteiger partial charge is 0.494 e. The molecular formula is C20H20N2O3. The first kappa shape index (κ1) is 16.8. The van der Waals surface area contributed by atoms with E-state index in [2.05, 4.69) is 10.3 Å². The predicted octanol–water partition coefficient (Wildman–Crippen LogP) is 4.55. The number of rotatable bonds is 6. The average molecular weight is 336 g/mol. The van der Waals surface area contributed by atoms with Crippen molar-refractivity contribution < 1.29 is 14.3 Å². The monoisotopic (exact) mass is 336 g/mol. The number of anilines is 2. The van der Waals surface area contributed by atoms with E-state index in [1.54, 1.807) is 25.3 Å². The van der Waals surface area contributed by atoms with Crippen molar-refractivity contribution in [2.45, 2.75) is 13.8 Å². The Bertz CT molecular complexity index is 893. The molecule has 0 saturated heterocycles. The van der Waals surface area contributed by atoms with Gasteiger partial charge >= 0.3 is 5.97 Å². The molecule has 0 aliphatic rings. The Labute approximate surface area is 146 Å². The van der Waals surface area contributed by atoms with Gasteiger partial charge < -0.3 is 14.8 Å². The summed E-state index contributed by atoms with van der Waals surface area (Å²) in [4.78, 5) is 16.3. The van der Waals surface area contributed by atoms with E-state index in [0.29, 0.717) is 18.8 Å². The summed E-state index contributed by atoms with van der Waals surface area (Å²) in [6.45, 7) is 4.71. The SMILES string of the molecule is CCOC(=O)c1cccc(Nc2ccnc3cc(OCC)ccc23)c1. The first-order valence-corrected chi connectivity index (χ1v) is 8.27. The van der Waals surface area contributed by atoms with Crippen LogP contribution in [0.2, 0.25) is 0 Å².